The molecule has 0 unspecified atom stereocenters. The molecule has 0 bridgehead atoms. The van der Waals surface area contributed by atoms with Crippen molar-refractivity contribution in [3.63, 3.8) is 0 Å². The average molecular weight is 329 g/mol. The lowest BCUT2D eigenvalue weighted by molar-refractivity contribution is 0.130. The maximum Gasteiger partial charge on any atom is 0.229 e. The number of nitrogens with two attached hydrogens (primary N) is 2. The van der Waals surface area contributed by atoms with Crippen LogP contribution < -0.4 is 16.8 Å². The Morgan fingerprint density at radius 1 is 1.10 bits per heavy atom. The number of ether oxygens (including phenoxy) is 1. The minimum Gasteiger partial charge on any atom is -0.375 e. The molecule has 112 valence electrons. The normalized spacial score (nSPS) is 10.6. The minimum absolute atomic E-state index is 0.0684. The smallest absolute Gasteiger partial charge is 0.229 e. The van der Waals surface area contributed by atoms with Crippen molar-refractivity contribution in [3.05, 3.63) is 33.8 Å². The summed E-state index contributed by atoms with van der Waals surface area (Å²) < 4.78 is 5.50. The van der Waals surface area contributed by atoms with Crippen molar-refractivity contribution in [2.24, 2.45) is 0 Å². The molecule has 5 N–H and O–H groups in total. The van der Waals surface area contributed by atoms with Crippen molar-refractivity contribution in [1.29, 1.82) is 0 Å². The van der Waals surface area contributed by atoms with Crippen LogP contribution in [0, 0.1) is 0 Å². The van der Waals surface area contributed by atoms with Gasteiger partial charge in [-0.3, -0.25) is 0 Å². The van der Waals surface area contributed by atoms with Crippen molar-refractivity contribution >= 4 is 41.0 Å². The topological polar surface area (TPSA) is 112 Å². The Labute approximate surface area is 131 Å². The van der Waals surface area contributed by atoms with Gasteiger partial charge in [0.25, 0.3) is 0 Å². The fourth-order valence-corrected chi connectivity index (χ4v) is 2.01. The van der Waals surface area contributed by atoms with Gasteiger partial charge in [-0.2, -0.15) is 15.0 Å². The monoisotopic (exact) mass is 328 g/mol. The third kappa shape index (κ3) is 4.89. The molecule has 0 fully saturated rings. The summed E-state index contributed by atoms with van der Waals surface area (Å²) in [5.41, 5.74) is 11.8. The van der Waals surface area contributed by atoms with Crippen LogP contribution in [0.15, 0.2) is 18.2 Å². The third-order valence-electron chi connectivity index (χ3n) is 2.47. The van der Waals surface area contributed by atoms with Crippen molar-refractivity contribution in [2.45, 2.75) is 6.61 Å². The van der Waals surface area contributed by atoms with Crippen LogP contribution in [0.4, 0.5) is 17.8 Å². The first-order valence-corrected chi connectivity index (χ1v) is 6.83. The van der Waals surface area contributed by atoms with Crippen molar-refractivity contribution in [3.8, 4) is 0 Å². The molecule has 2 aromatic rings. The lowest BCUT2D eigenvalue weighted by atomic mass is 10.2. The quantitative estimate of drug-likeness (QED) is 0.695. The Balaban J connectivity index is 1.75. The van der Waals surface area contributed by atoms with E-state index in [2.05, 4.69) is 20.3 Å². The van der Waals surface area contributed by atoms with E-state index < -0.39 is 0 Å². The minimum atomic E-state index is 0.0684. The highest BCUT2D eigenvalue weighted by Gasteiger charge is 2.03. The van der Waals surface area contributed by atoms with E-state index in [4.69, 9.17) is 39.4 Å². The van der Waals surface area contributed by atoms with Crippen LogP contribution in [0.1, 0.15) is 5.56 Å². The third-order valence-corrected chi connectivity index (χ3v) is 3.06. The van der Waals surface area contributed by atoms with Gasteiger partial charge >= 0.3 is 0 Å². The van der Waals surface area contributed by atoms with Gasteiger partial charge < -0.3 is 21.5 Å². The van der Waals surface area contributed by atoms with Crippen LogP contribution in [0.5, 0.6) is 0 Å². The summed E-state index contributed by atoms with van der Waals surface area (Å²) in [5.74, 6) is 0.450. The second-order valence-corrected chi connectivity index (χ2v) is 4.93. The summed E-state index contributed by atoms with van der Waals surface area (Å²) in [7, 11) is 0. The highest BCUT2D eigenvalue weighted by Crippen LogP contribution is 2.21. The zero-order valence-electron chi connectivity index (χ0n) is 11.0. The number of hydrogen-bond donors (Lipinski definition) is 3. The van der Waals surface area contributed by atoms with Gasteiger partial charge in [-0.15, -0.1) is 0 Å². The maximum atomic E-state index is 6.04. The zero-order valence-corrected chi connectivity index (χ0v) is 12.5. The van der Waals surface area contributed by atoms with Crippen LogP contribution in [0.3, 0.4) is 0 Å². The second kappa shape index (κ2) is 7.26. The average Bonchev–Trinajstić information content (AvgIpc) is 2.39. The van der Waals surface area contributed by atoms with Crippen molar-refractivity contribution in [1.82, 2.24) is 15.0 Å². The predicted molar refractivity (Wildman–Crippen MR) is 83.3 cm³/mol. The number of nitrogen functional groups attached to an aromatic ring is 2. The van der Waals surface area contributed by atoms with E-state index in [1.807, 2.05) is 6.07 Å². The molecule has 0 aliphatic heterocycles. The van der Waals surface area contributed by atoms with Gasteiger partial charge in [-0.1, -0.05) is 29.3 Å². The standard InChI is InChI=1S/C12H14Cl2N6O/c13-8-2-1-7(9(14)5-8)6-21-4-3-17-12-19-10(15)18-11(16)20-12/h1-2,5H,3-4,6H2,(H5,15,16,17,18,19,20). The molecule has 0 spiro atoms. The molecule has 0 aliphatic rings. The lowest BCUT2D eigenvalue weighted by Gasteiger charge is -2.08. The maximum absolute atomic E-state index is 6.04. The number of benzene rings is 1. The van der Waals surface area contributed by atoms with E-state index in [0.29, 0.717) is 35.8 Å². The highest BCUT2D eigenvalue weighted by molar-refractivity contribution is 6.35. The van der Waals surface area contributed by atoms with Gasteiger partial charge in [0.1, 0.15) is 0 Å². The Hall–Kier alpha value is -1.83. The van der Waals surface area contributed by atoms with E-state index in [0.717, 1.165) is 5.56 Å². The van der Waals surface area contributed by atoms with Crippen molar-refractivity contribution in [2.75, 3.05) is 29.9 Å². The molecule has 1 heterocycles. The number of halogens is 2. The number of aromatic nitrogens is 3. The molecule has 1 aromatic carbocycles. The highest BCUT2D eigenvalue weighted by atomic mass is 35.5. The van der Waals surface area contributed by atoms with Crippen LogP contribution in [-0.4, -0.2) is 28.1 Å². The first kappa shape index (κ1) is 15.6. The number of anilines is 3. The van der Waals surface area contributed by atoms with Gasteiger partial charge in [0.15, 0.2) is 0 Å². The summed E-state index contributed by atoms with van der Waals surface area (Å²) in [5, 5.41) is 4.11. The molecule has 0 radical (unpaired) electrons. The number of rotatable bonds is 6. The van der Waals surface area contributed by atoms with E-state index in [1.165, 1.54) is 0 Å². The Morgan fingerprint density at radius 2 is 1.81 bits per heavy atom. The van der Waals surface area contributed by atoms with Crippen molar-refractivity contribution < 1.29 is 4.74 Å². The van der Waals surface area contributed by atoms with Gasteiger partial charge in [0.05, 0.1) is 13.2 Å². The summed E-state index contributed by atoms with van der Waals surface area (Å²) in [6.07, 6.45) is 0. The molecule has 0 amide bonds. The molecule has 2 rings (SSSR count). The lowest BCUT2D eigenvalue weighted by Crippen LogP contribution is -2.14. The largest absolute Gasteiger partial charge is 0.375 e. The molecule has 1 aromatic heterocycles. The molecule has 7 nitrogen and oxygen atoms in total. The summed E-state index contributed by atoms with van der Waals surface area (Å²) in [4.78, 5) is 11.4. The van der Waals surface area contributed by atoms with E-state index in [1.54, 1.807) is 12.1 Å². The second-order valence-electron chi connectivity index (χ2n) is 4.09. The Morgan fingerprint density at radius 3 is 2.48 bits per heavy atom. The summed E-state index contributed by atoms with van der Waals surface area (Å²) >= 11 is 11.9. The summed E-state index contributed by atoms with van der Waals surface area (Å²) in [6, 6.07) is 5.27. The zero-order chi connectivity index (χ0) is 15.2. The first-order valence-electron chi connectivity index (χ1n) is 6.07. The summed E-state index contributed by atoms with van der Waals surface area (Å²) in [6.45, 7) is 1.32. The predicted octanol–water partition coefficient (Wildman–Crippen LogP) is 1.97. The molecule has 0 saturated carbocycles. The fourth-order valence-electron chi connectivity index (χ4n) is 1.54. The van der Waals surface area contributed by atoms with Gasteiger partial charge in [0, 0.05) is 16.6 Å². The number of nitrogens with one attached hydrogen (secondary N) is 1. The number of nitrogens with zero attached hydrogens (tertiary/aromatic N) is 3. The van der Waals surface area contributed by atoms with E-state index in [-0.39, 0.29) is 11.9 Å². The molecule has 0 saturated heterocycles. The molecular formula is C12H14Cl2N6O. The SMILES string of the molecule is Nc1nc(N)nc(NCCOCc2ccc(Cl)cc2Cl)n1. The van der Waals surface area contributed by atoms with E-state index in [9.17, 15) is 0 Å². The van der Waals surface area contributed by atoms with Crippen LogP contribution in [0.2, 0.25) is 10.0 Å². The molecular weight excluding hydrogens is 315 g/mol. The van der Waals surface area contributed by atoms with Gasteiger partial charge in [-0.25, -0.2) is 0 Å². The van der Waals surface area contributed by atoms with Crippen LogP contribution >= 0.6 is 23.2 Å². The van der Waals surface area contributed by atoms with Gasteiger partial charge in [0.2, 0.25) is 17.8 Å². The Kier molecular flexibility index (Phi) is 5.38. The van der Waals surface area contributed by atoms with Crippen LogP contribution in [-0.2, 0) is 11.3 Å². The van der Waals surface area contributed by atoms with E-state index >= 15 is 0 Å². The Bertz CT molecular complexity index is 604. The molecule has 21 heavy (non-hydrogen) atoms. The molecule has 0 atom stereocenters. The molecule has 0 aliphatic carbocycles. The fraction of sp³-hybridized carbons (Fsp3) is 0.250. The first-order chi connectivity index (χ1) is 10.0. The van der Waals surface area contributed by atoms with Gasteiger partial charge in [-0.05, 0) is 17.7 Å². The van der Waals surface area contributed by atoms with Crippen LogP contribution in [0.25, 0.3) is 0 Å². The number of hydrogen-bond acceptors (Lipinski definition) is 7. The molecule has 9 heteroatoms.